The third-order valence-electron chi connectivity index (χ3n) is 1.01. The molecular weight excluding hydrogens is 132 g/mol. The van der Waals surface area contributed by atoms with Crippen LogP contribution in [0.5, 0.6) is 0 Å². The maximum absolute atomic E-state index is 5.13. The van der Waals surface area contributed by atoms with Crippen molar-refractivity contribution in [3.63, 3.8) is 0 Å². The van der Waals surface area contributed by atoms with E-state index in [-0.39, 0.29) is 0 Å². The van der Waals surface area contributed by atoms with E-state index in [0.717, 1.165) is 6.61 Å². The van der Waals surface area contributed by atoms with Gasteiger partial charge in [0.25, 0.3) is 0 Å². The van der Waals surface area contributed by atoms with Gasteiger partial charge in [0.2, 0.25) is 0 Å². The van der Waals surface area contributed by atoms with Crippen molar-refractivity contribution in [1.29, 1.82) is 0 Å². The van der Waals surface area contributed by atoms with E-state index in [1.165, 1.54) is 0 Å². The highest BCUT2D eigenvalue weighted by atomic mass is 16.5. The van der Waals surface area contributed by atoms with Gasteiger partial charge < -0.3 is 14.2 Å². The van der Waals surface area contributed by atoms with Crippen molar-refractivity contribution >= 4 is 0 Å². The van der Waals surface area contributed by atoms with Crippen LogP contribution in [0.3, 0.4) is 0 Å². The van der Waals surface area contributed by atoms with Crippen LogP contribution in [0.1, 0.15) is 6.92 Å². The number of hydrogen-bond acceptors (Lipinski definition) is 3. The molecule has 0 spiro atoms. The van der Waals surface area contributed by atoms with Crippen molar-refractivity contribution in [2.45, 2.75) is 6.92 Å². The van der Waals surface area contributed by atoms with Gasteiger partial charge in [0.15, 0.2) is 0 Å². The molecule has 0 aliphatic heterocycles. The van der Waals surface area contributed by atoms with Gasteiger partial charge in [0.05, 0.1) is 26.4 Å². The molecule has 0 aromatic heterocycles. The van der Waals surface area contributed by atoms with Gasteiger partial charge in [0, 0.05) is 13.7 Å². The average molecular weight is 148 g/mol. The van der Waals surface area contributed by atoms with Crippen LogP contribution in [0.15, 0.2) is 0 Å². The third-order valence-corrected chi connectivity index (χ3v) is 1.01. The Morgan fingerprint density at radius 3 is 2.10 bits per heavy atom. The minimum atomic E-state index is 0.656. The van der Waals surface area contributed by atoms with Gasteiger partial charge in [-0.25, -0.2) is 0 Å². The zero-order valence-electron chi connectivity index (χ0n) is 6.76. The lowest BCUT2D eigenvalue weighted by molar-refractivity contribution is 0.0280. The molecule has 0 unspecified atom stereocenters. The Balaban J connectivity index is 2.65. The Hall–Kier alpha value is -0.120. The van der Waals surface area contributed by atoms with Gasteiger partial charge in [0.1, 0.15) is 0 Å². The average Bonchev–Trinajstić information content (AvgIpc) is 1.97. The van der Waals surface area contributed by atoms with E-state index in [2.05, 4.69) is 0 Å². The van der Waals surface area contributed by atoms with Crippen LogP contribution < -0.4 is 0 Å². The van der Waals surface area contributed by atoms with E-state index in [0.29, 0.717) is 26.4 Å². The van der Waals surface area contributed by atoms with Crippen molar-refractivity contribution < 1.29 is 14.2 Å². The molecule has 0 amide bonds. The quantitative estimate of drug-likeness (QED) is 0.497. The second-order valence-corrected chi connectivity index (χ2v) is 1.80. The fraction of sp³-hybridized carbons (Fsp3) is 1.00. The Morgan fingerprint density at radius 2 is 1.50 bits per heavy atom. The van der Waals surface area contributed by atoms with Crippen molar-refractivity contribution in [3.05, 3.63) is 0 Å². The number of methoxy groups -OCH3 is 1. The van der Waals surface area contributed by atoms with Gasteiger partial charge in [-0.05, 0) is 6.92 Å². The highest BCUT2D eigenvalue weighted by Gasteiger charge is 1.86. The Labute approximate surface area is 62.3 Å². The standard InChI is InChI=1S/C7H16O3/c1-3-9-6-7-10-5-4-8-2/h3-7H2,1-2H3. The zero-order chi connectivity index (χ0) is 7.66. The summed E-state index contributed by atoms with van der Waals surface area (Å²) in [4.78, 5) is 0. The van der Waals surface area contributed by atoms with E-state index in [4.69, 9.17) is 14.2 Å². The first kappa shape index (κ1) is 9.88. The number of rotatable bonds is 7. The Morgan fingerprint density at radius 1 is 0.900 bits per heavy atom. The van der Waals surface area contributed by atoms with Gasteiger partial charge in [-0.15, -0.1) is 0 Å². The van der Waals surface area contributed by atoms with Crippen LogP contribution in [0, 0.1) is 0 Å². The lowest BCUT2D eigenvalue weighted by atomic mass is 10.7. The molecule has 0 fully saturated rings. The summed E-state index contributed by atoms with van der Waals surface area (Å²) < 4.78 is 15.0. The Bertz CT molecular complexity index is 48.8. The molecule has 0 aromatic rings. The van der Waals surface area contributed by atoms with E-state index < -0.39 is 0 Å². The third kappa shape index (κ3) is 7.88. The Kier molecular flexibility index (Phi) is 8.77. The van der Waals surface area contributed by atoms with E-state index in [9.17, 15) is 0 Å². The summed E-state index contributed by atoms with van der Waals surface area (Å²) in [5.74, 6) is 0. The van der Waals surface area contributed by atoms with Crippen molar-refractivity contribution in [2.75, 3.05) is 40.1 Å². The second-order valence-electron chi connectivity index (χ2n) is 1.80. The molecule has 0 bridgehead atoms. The van der Waals surface area contributed by atoms with E-state index in [1.54, 1.807) is 7.11 Å². The van der Waals surface area contributed by atoms with Gasteiger partial charge in [-0.1, -0.05) is 0 Å². The van der Waals surface area contributed by atoms with Crippen LogP contribution in [0.4, 0.5) is 0 Å². The molecule has 0 atom stereocenters. The minimum Gasteiger partial charge on any atom is -0.382 e. The normalized spacial score (nSPS) is 10.2. The summed E-state index contributed by atoms with van der Waals surface area (Å²) in [5.41, 5.74) is 0. The molecule has 0 rings (SSSR count). The van der Waals surface area contributed by atoms with Crippen LogP contribution in [-0.4, -0.2) is 40.1 Å². The predicted octanol–water partition coefficient (Wildman–Crippen LogP) is 0.686. The summed E-state index contributed by atoms with van der Waals surface area (Å²) in [6, 6.07) is 0. The van der Waals surface area contributed by atoms with Crippen LogP contribution >= 0.6 is 0 Å². The summed E-state index contributed by atoms with van der Waals surface area (Å²) >= 11 is 0. The molecule has 0 saturated heterocycles. The summed E-state index contributed by atoms with van der Waals surface area (Å²) in [5, 5.41) is 0. The van der Waals surface area contributed by atoms with Crippen molar-refractivity contribution in [2.24, 2.45) is 0 Å². The highest BCUT2D eigenvalue weighted by Crippen LogP contribution is 1.77. The lowest BCUT2D eigenvalue weighted by Crippen LogP contribution is -2.07. The summed E-state index contributed by atoms with van der Waals surface area (Å²) in [7, 11) is 1.66. The summed E-state index contributed by atoms with van der Waals surface area (Å²) in [6.07, 6.45) is 0. The van der Waals surface area contributed by atoms with Crippen molar-refractivity contribution in [1.82, 2.24) is 0 Å². The molecule has 10 heavy (non-hydrogen) atoms. The molecule has 0 radical (unpaired) electrons. The largest absolute Gasteiger partial charge is 0.382 e. The fourth-order valence-corrected chi connectivity index (χ4v) is 0.507. The zero-order valence-corrected chi connectivity index (χ0v) is 6.76. The van der Waals surface area contributed by atoms with Gasteiger partial charge >= 0.3 is 0 Å². The molecule has 0 saturated carbocycles. The molecule has 0 aliphatic rings. The molecule has 3 nitrogen and oxygen atoms in total. The topological polar surface area (TPSA) is 27.7 Å². The first-order valence-electron chi connectivity index (χ1n) is 3.56. The molecule has 0 aromatic carbocycles. The van der Waals surface area contributed by atoms with Crippen LogP contribution in [0.2, 0.25) is 0 Å². The molecule has 0 N–H and O–H groups in total. The SMILES string of the molecule is CCOCCOCCOC. The fourth-order valence-electron chi connectivity index (χ4n) is 0.507. The first-order valence-corrected chi connectivity index (χ1v) is 3.56. The number of hydrogen-bond donors (Lipinski definition) is 0. The van der Waals surface area contributed by atoms with E-state index >= 15 is 0 Å². The summed E-state index contributed by atoms with van der Waals surface area (Å²) in [6.45, 7) is 5.38. The minimum absolute atomic E-state index is 0.656. The van der Waals surface area contributed by atoms with Gasteiger partial charge in [-0.2, -0.15) is 0 Å². The van der Waals surface area contributed by atoms with Crippen molar-refractivity contribution in [3.8, 4) is 0 Å². The lowest BCUT2D eigenvalue weighted by Gasteiger charge is -2.02. The van der Waals surface area contributed by atoms with Gasteiger partial charge in [-0.3, -0.25) is 0 Å². The monoisotopic (exact) mass is 148 g/mol. The molecule has 62 valence electrons. The maximum Gasteiger partial charge on any atom is 0.0701 e. The van der Waals surface area contributed by atoms with Crippen LogP contribution in [-0.2, 0) is 14.2 Å². The highest BCUT2D eigenvalue weighted by molar-refractivity contribution is 4.29. The maximum atomic E-state index is 5.13. The van der Waals surface area contributed by atoms with Crippen LogP contribution in [0.25, 0.3) is 0 Å². The van der Waals surface area contributed by atoms with E-state index in [1.807, 2.05) is 6.92 Å². The first-order chi connectivity index (χ1) is 4.91. The molecule has 0 heterocycles. The molecular formula is C7H16O3. The smallest absolute Gasteiger partial charge is 0.0701 e. The second kappa shape index (κ2) is 8.88. The number of ether oxygens (including phenoxy) is 3. The molecule has 0 aliphatic carbocycles. The predicted molar refractivity (Wildman–Crippen MR) is 39.2 cm³/mol. The molecule has 3 heteroatoms.